The lowest BCUT2D eigenvalue weighted by Crippen LogP contribution is -2.17. The molecule has 0 heterocycles. The Morgan fingerprint density at radius 3 is 2.33 bits per heavy atom. The number of hydrogen-bond acceptors (Lipinski definition) is 5. The number of nitrogens with one attached hydrogen (secondary N) is 2. The largest absolute Gasteiger partial charge is 0.322 e. The van der Waals surface area contributed by atoms with Gasteiger partial charge in [0.25, 0.3) is 15.9 Å². The Labute approximate surface area is 191 Å². The van der Waals surface area contributed by atoms with Crippen molar-refractivity contribution in [3.8, 4) is 0 Å². The van der Waals surface area contributed by atoms with E-state index in [0.29, 0.717) is 17.5 Å². The van der Waals surface area contributed by atoms with Gasteiger partial charge in [-0.05, 0) is 66.9 Å². The topological polar surface area (TPSA) is 135 Å². The summed E-state index contributed by atoms with van der Waals surface area (Å²) >= 11 is 0. The van der Waals surface area contributed by atoms with E-state index in [1.807, 2.05) is 0 Å². The molecule has 0 saturated heterocycles. The van der Waals surface area contributed by atoms with Crippen LogP contribution in [0.3, 0.4) is 0 Å². The van der Waals surface area contributed by atoms with Crippen LogP contribution < -0.4 is 15.2 Å². The van der Waals surface area contributed by atoms with Crippen LogP contribution in [0, 0.1) is 12.7 Å². The molecule has 3 aromatic rings. The Hall–Kier alpha value is -3.28. The normalized spacial score (nSPS) is 11.8. The molecule has 0 radical (unpaired) electrons. The van der Waals surface area contributed by atoms with Crippen LogP contribution in [0.1, 0.15) is 28.4 Å². The molecule has 0 saturated carbocycles. The summed E-state index contributed by atoms with van der Waals surface area (Å²) in [5, 5.41) is 7.83. The number of rotatable bonds is 7. The lowest BCUT2D eigenvalue weighted by Gasteiger charge is -2.12. The van der Waals surface area contributed by atoms with E-state index in [1.165, 1.54) is 49.4 Å². The fourth-order valence-corrected chi connectivity index (χ4v) is 5.00. The maximum absolute atomic E-state index is 13.8. The first-order valence-electron chi connectivity index (χ1n) is 9.77. The summed E-state index contributed by atoms with van der Waals surface area (Å²) in [6.45, 7) is 3.29. The predicted molar refractivity (Wildman–Crippen MR) is 124 cm³/mol. The summed E-state index contributed by atoms with van der Waals surface area (Å²) in [6.07, 6.45) is 0.438. The van der Waals surface area contributed by atoms with E-state index in [0.717, 1.165) is 6.07 Å². The van der Waals surface area contributed by atoms with E-state index in [-0.39, 0.29) is 26.7 Å². The van der Waals surface area contributed by atoms with Gasteiger partial charge < -0.3 is 5.32 Å². The standard InChI is InChI=1S/C22H22FN3O5S2/c1-3-15-8-9-17(12-21(15)32(24,28)29)25-22(27)16-5-4-6-18(11-16)26-33(30,31)19-10-7-14(2)20(23)13-19/h4-13,26H,3H2,1-2H3,(H,25,27)(H2,24,28,29). The Morgan fingerprint density at radius 2 is 1.70 bits per heavy atom. The lowest BCUT2D eigenvalue weighted by molar-refractivity contribution is 0.102. The summed E-state index contributed by atoms with van der Waals surface area (Å²) in [7, 11) is -8.07. The number of hydrogen-bond donors (Lipinski definition) is 3. The molecule has 0 spiro atoms. The first-order chi connectivity index (χ1) is 15.4. The fraction of sp³-hybridized carbons (Fsp3) is 0.136. The Morgan fingerprint density at radius 1 is 0.970 bits per heavy atom. The number of primary sulfonamides is 1. The summed E-state index contributed by atoms with van der Waals surface area (Å²) in [6, 6.07) is 13.6. The van der Waals surface area contributed by atoms with Crippen LogP contribution >= 0.6 is 0 Å². The van der Waals surface area contributed by atoms with Gasteiger partial charge in [0.1, 0.15) is 5.82 Å². The molecule has 0 aliphatic heterocycles. The Bertz CT molecular complexity index is 1440. The molecule has 1 amide bonds. The third-order valence-corrected chi connectivity index (χ3v) is 7.22. The van der Waals surface area contributed by atoms with Crippen molar-refractivity contribution in [1.82, 2.24) is 0 Å². The number of nitrogens with two attached hydrogens (primary N) is 1. The van der Waals surface area contributed by atoms with Gasteiger partial charge in [-0.3, -0.25) is 9.52 Å². The maximum atomic E-state index is 13.8. The van der Waals surface area contributed by atoms with Crippen molar-refractivity contribution in [2.45, 2.75) is 30.1 Å². The molecule has 8 nitrogen and oxygen atoms in total. The SMILES string of the molecule is CCc1ccc(NC(=O)c2cccc(NS(=O)(=O)c3ccc(C)c(F)c3)c2)cc1S(N)(=O)=O. The molecular formula is C22H22FN3O5S2. The van der Waals surface area contributed by atoms with Gasteiger partial charge in [-0.1, -0.05) is 25.1 Å². The van der Waals surface area contributed by atoms with Crippen molar-refractivity contribution >= 4 is 37.3 Å². The highest BCUT2D eigenvalue weighted by Gasteiger charge is 2.18. The average molecular weight is 492 g/mol. The first-order valence-corrected chi connectivity index (χ1v) is 12.8. The highest BCUT2D eigenvalue weighted by Crippen LogP contribution is 2.22. The smallest absolute Gasteiger partial charge is 0.261 e. The van der Waals surface area contributed by atoms with Gasteiger partial charge in [0.05, 0.1) is 9.79 Å². The molecule has 0 bridgehead atoms. The van der Waals surface area contributed by atoms with Gasteiger partial charge >= 0.3 is 0 Å². The third-order valence-electron chi connectivity index (χ3n) is 4.84. The van der Waals surface area contributed by atoms with E-state index in [2.05, 4.69) is 10.0 Å². The van der Waals surface area contributed by atoms with Gasteiger partial charge in [-0.15, -0.1) is 0 Å². The number of benzene rings is 3. The summed E-state index contributed by atoms with van der Waals surface area (Å²) < 4.78 is 64.9. The van der Waals surface area contributed by atoms with Gasteiger partial charge in [0.2, 0.25) is 10.0 Å². The van der Waals surface area contributed by atoms with Crippen molar-refractivity contribution in [1.29, 1.82) is 0 Å². The zero-order valence-electron chi connectivity index (χ0n) is 17.8. The lowest BCUT2D eigenvalue weighted by atomic mass is 10.1. The second-order valence-electron chi connectivity index (χ2n) is 7.27. The van der Waals surface area contributed by atoms with Crippen molar-refractivity contribution < 1.29 is 26.0 Å². The van der Waals surface area contributed by atoms with Crippen LogP contribution in [-0.4, -0.2) is 22.7 Å². The minimum absolute atomic E-state index is 0.0883. The highest BCUT2D eigenvalue weighted by molar-refractivity contribution is 7.92. The molecule has 0 aliphatic carbocycles. The average Bonchev–Trinajstić information content (AvgIpc) is 2.74. The molecule has 0 fully saturated rings. The maximum Gasteiger partial charge on any atom is 0.261 e. The van der Waals surface area contributed by atoms with Crippen LogP contribution in [0.5, 0.6) is 0 Å². The molecule has 174 valence electrons. The zero-order valence-corrected chi connectivity index (χ0v) is 19.4. The van der Waals surface area contributed by atoms with Crippen LogP contribution in [0.15, 0.2) is 70.5 Å². The summed E-state index contributed by atoms with van der Waals surface area (Å²) in [4.78, 5) is 12.3. The highest BCUT2D eigenvalue weighted by atomic mass is 32.2. The molecule has 33 heavy (non-hydrogen) atoms. The van der Waals surface area contributed by atoms with Gasteiger partial charge in [0, 0.05) is 16.9 Å². The quantitative estimate of drug-likeness (QED) is 0.465. The van der Waals surface area contributed by atoms with Crippen LogP contribution in [-0.2, 0) is 26.5 Å². The molecule has 0 aliphatic rings. The number of carbonyl (C=O) groups excluding carboxylic acids is 1. The number of amides is 1. The molecule has 4 N–H and O–H groups in total. The fourth-order valence-electron chi connectivity index (χ4n) is 3.07. The van der Waals surface area contributed by atoms with Crippen LogP contribution in [0.4, 0.5) is 15.8 Å². The molecule has 0 atom stereocenters. The van der Waals surface area contributed by atoms with E-state index in [4.69, 9.17) is 5.14 Å². The van der Waals surface area contributed by atoms with Crippen molar-refractivity contribution in [3.05, 3.63) is 83.2 Å². The van der Waals surface area contributed by atoms with Crippen molar-refractivity contribution in [3.63, 3.8) is 0 Å². The van der Waals surface area contributed by atoms with E-state index in [1.54, 1.807) is 19.1 Å². The van der Waals surface area contributed by atoms with Gasteiger partial charge in [-0.25, -0.2) is 26.4 Å². The molecular weight excluding hydrogens is 469 g/mol. The molecule has 0 aromatic heterocycles. The number of carbonyl (C=O) groups is 1. The number of anilines is 2. The minimum atomic E-state index is -4.09. The third kappa shape index (κ3) is 5.75. The van der Waals surface area contributed by atoms with Gasteiger partial charge in [0.15, 0.2) is 0 Å². The Kier molecular flexibility index (Phi) is 6.86. The molecule has 3 aromatic carbocycles. The van der Waals surface area contributed by atoms with E-state index >= 15 is 0 Å². The zero-order chi connectivity index (χ0) is 24.4. The van der Waals surface area contributed by atoms with Crippen molar-refractivity contribution in [2.24, 2.45) is 5.14 Å². The molecule has 0 unspecified atom stereocenters. The second kappa shape index (κ2) is 9.30. The predicted octanol–water partition coefficient (Wildman–Crippen LogP) is 3.40. The van der Waals surface area contributed by atoms with E-state index < -0.39 is 31.8 Å². The second-order valence-corrected chi connectivity index (χ2v) is 10.5. The number of halogens is 1. The first kappa shape index (κ1) is 24.4. The van der Waals surface area contributed by atoms with Crippen LogP contribution in [0.25, 0.3) is 0 Å². The van der Waals surface area contributed by atoms with Crippen molar-refractivity contribution in [2.75, 3.05) is 10.0 Å². The van der Waals surface area contributed by atoms with Gasteiger partial charge in [-0.2, -0.15) is 0 Å². The molecule has 11 heteroatoms. The van der Waals surface area contributed by atoms with E-state index in [9.17, 15) is 26.0 Å². The number of aryl methyl sites for hydroxylation is 2. The minimum Gasteiger partial charge on any atom is -0.322 e. The van der Waals surface area contributed by atoms with Crippen LogP contribution in [0.2, 0.25) is 0 Å². The Balaban J connectivity index is 1.83. The molecule has 3 rings (SSSR count). The summed E-state index contributed by atoms with van der Waals surface area (Å²) in [5.41, 5.74) is 1.24. The number of sulfonamides is 2. The monoisotopic (exact) mass is 491 g/mol. The summed E-state index contributed by atoms with van der Waals surface area (Å²) in [5.74, 6) is -1.25.